The van der Waals surface area contributed by atoms with Crippen LogP contribution >= 0.6 is 15.6 Å². The van der Waals surface area contributed by atoms with E-state index in [-0.39, 0.29) is 33.9 Å². The van der Waals surface area contributed by atoms with Gasteiger partial charge in [0.15, 0.2) is 35.1 Å². The molecule has 10 atom stereocenters. The normalized spacial score (nSPS) is 36.8. The van der Waals surface area contributed by atoms with Crippen LogP contribution in [0.15, 0.2) is 30.1 Å². The van der Waals surface area contributed by atoms with Crippen molar-refractivity contribution in [3.63, 3.8) is 0 Å². The van der Waals surface area contributed by atoms with E-state index in [1.54, 1.807) is 0 Å². The van der Waals surface area contributed by atoms with Crippen molar-refractivity contribution in [2.45, 2.75) is 49.1 Å². The maximum absolute atomic E-state index is 13.2. The lowest BCUT2D eigenvalue weighted by Crippen LogP contribution is -2.36. The Balaban J connectivity index is 1.12. The number of nitrogens with zero attached hydrogens (tertiary/aromatic N) is 9. The van der Waals surface area contributed by atoms with Gasteiger partial charge in [0.2, 0.25) is 5.78 Å². The molecule has 0 spiro atoms. The van der Waals surface area contributed by atoms with Crippen molar-refractivity contribution < 1.29 is 56.7 Å². The number of phosphoric acid groups is 2. The van der Waals surface area contributed by atoms with Gasteiger partial charge in [0.1, 0.15) is 54.8 Å². The third kappa shape index (κ3) is 5.06. The van der Waals surface area contributed by atoms with Crippen molar-refractivity contribution in [1.29, 1.82) is 0 Å². The monoisotopic (exact) mass is 699 g/mol. The van der Waals surface area contributed by atoms with Gasteiger partial charge in [-0.15, -0.1) is 0 Å². The zero-order valence-electron chi connectivity index (χ0n) is 23.3. The Morgan fingerprint density at radius 1 is 0.830 bits per heavy atom. The van der Waals surface area contributed by atoms with E-state index in [1.165, 1.54) is 21.8 Å². The molecule has 0 aromatic carbocycles. The maximum Gasteiger partial charge on any atom is 0.472 e. The Morgan fingerprint density at radius 3 is 2.26 bits per heavy atom. The summed E-state index contributed by atoms with van der Waals surface area (Å²) in [6, 6.07) is 0. The first-order valence-electron chi connectivity index (χ1n) is 13.6. The molecule has 3 aliphatic rings. The van der Waals surface area contributed by atoms with Gasteiger partial charge in [0.25, 0.3) is 5.56 Å². The van der Waals surface area contributed by atoms with Crippen LogP contribution in [0.1, 0.15) is 12.5 Å². The van der Waals surface area contributed by atoms with E-state index in [0.717, 1.165) is 17.1 Å². The van der Waals surface area contributed by atoms with Gasteiger partial charge >= 0.3 is 15.6 Å². The van der Waals surface area contributed by atoms with Gasteiger partial charge in [-0.2, -0.15) is 10.1 Å². The molecule has 3 aliphatic heterocycles. The molecule has 24 nitrogen and oxygen atoms in total. The van der Waals surface area contributed by atoms with Crippen LogP contribution in [-0.2, 0) is 36.7 Å². The number of rotatable bonds is 2. The van der Waals surface area contributed by atoms with Crippen LogP contribution in [-0.4, -0.2) is 118 Å². The standard InChI is InChI=1S/C21H23N11O13P2/c22-15-9-16(24-3-23-15)30(4-25-9)20-14-11(33)7(42-20)1-40-46(36,37)44-13-8(2-41-47(38,39)45-14)43-19(12(13)34)31-5-26-10-17(31)28-21-29-27-6-32(21)18(10)35/h3-8,11-14,19-20,33-34H,1-2H2,(H,28,29)(H,36,37)(H,38,39)(H2,22,23,24)/t7-,8-,11-,12-,13-,14-,19-,20-/m1/s1. The quantitative estimate of drug-likeness (QED) is 0.106. The second-order valence-corrected chi connectivity index (χ2v) is 13.5. The average molecular weight is 699 g/mol. The number of fused-ring (bicyclic) bond motifs is 6. The molecule has 5 aromatic rings. The molecule has 0 amide bonds. The molecule has 3 saturated heterocycles. The lowest BCUT2D eigenvalue weighted by molar-refractivity contribution is -0.0672. The van der Waals surface area contributed by atoms with Crippen molar-refractivity contribution in [3.8, 4) is 0 Å². The SMILES string of the molecule is Nc1ncnc2c1ncn2[C@@H]1O[C@@H]2COP(=O)(O)O[C@H]3[C@@H](O)[C@H](n4cnc5c(=O)n6cn[nH]c6nc54)O[C@@H]3COP(=O)(O)O[C@@H]1[C@@H]2O. The predicted octanol–water partition coefficient (Wildman–Crippen LogP) is -2.28. The molecule has 0 radical (unpaired) electrons. The highest BCUT2D eigenvalue weighted by atomic mass is 31.2. The second-order valence-electron chi connectivity index (χ2n) is 10.7. The number of ether oxygens (including phenoxy) is 2. The van der Waals surface area contributed by atoms with Crippen LogP contribution in [0.2, 0.25) is 0 Å². The van der Waals surface area contributed by atoms with Crippen molar-refractivity contribution in [2.24, 2.45) is 0 Å². The average Bonchev–Trinajstić information content (AvgIpc) is 3.85. The summed E-state index contributed by atoms with van der Waals surface area (Å²) >= 11 is 0. The summed E-state index contributed by atoms with van der Waals surface area (Å²) in [4.78, 5) is 54.6. The molecule has 250 valence electrons. The molecule has 2 unspecified atom stereocenters. The number of hydrogen-bond acceptors (Lipinski definition) is 18. The fourth-order valence-corrected chi connectivity index (χ4v) is 7.56. The highest BCUT2D eigenvalue weighted by molar-refractivity contribution is 7.47. The summed E-state index contributed by atoms with van der Waals surface area (Å²) in [5.74, 6) is 0.0665. The molecule has 3 fully saturated rings. The van der Waals surface area contributed by atoms with Crippen LogP contribution in [0, 0.1) is 0 Å². The van der Waals surface area contributed by atoms with Gasteiger partial charge < -0.3 is 35.2 Å². The Hall–Kier alpha value is -3.77. The number of nitrogens with one attached hydrogen (secondary N) is 1. The minimum atomic E-state index is -5.10. The first kappa shape index (κ1) is 30.6. The van der Waals surface area contributed by atoms with Crippen LogP contribution in [0.5, 0.6) is 0 Å². The van der Waals surface area contributed by atoms with Gasteiger partial charge in [-0.05, 0) is 0 Å². The highest BCUT2D eigenvalue weighted by Gasteiger charge is 2.54. The molecule has 2 bridgehead atoms. The van der Waals surface area contributed by atoms with Crippen LogP contribution < -0.4 is 11.3 Å². The number of hydrogen-bond donors (Lipinski definition) is 6. The van der Waals surface area contributed by atoms with Crippen molar-refractivity contribution in [2.75, 3.05) is 18.9 Å². The molecule has 5 aromatic heterocycles. The summed E-state index contributed by atoms with van der Waals surface area (Å²) in [5, 5.41) is 28.6. The summed E-state index contributed by atoms with van der Waals surface area (Å²) in [6.45, 7) is -1.64. The number of H-pyrrole nitrogens is 1. The number of aromatic amines is 1. The number of anilines is 1. The molecular formula is C21H23N11O13P2. The third-order valence-electron chi connectivity index (χ3n) is 7.84. The van der Waals surface area contributed by atoms with Gasteiger partial charge in [-0.25, -0.2) is 38.6 Å². The van der Waals surface area contributed by atoms with Gasteiger partial charge in [0.05, 0.1) is 25.9 Å². The zero-order valence-corrected chi connectivity index (χ0v) is 25.1. The van der Waals surface area contributed by atoms with Crippen LogP contribution in [0.3, 0.4) is 0 Å². The number of aromatic nitrogens is 10. The van der Waals surface area contributed by atoms with E-state index in [2.05, 4.69) is 35.1 Å². The number of nitrogens with two attached hydrogens (primary N) is 1. The van der Waals surface area contributed by atoms with Crippen LogP contribution in [0.4, 0.5) is 5.82 Å². The van der Waals surface area contributed by atoms with E-state index < -0.39 is 83.5 Å². The highest BCUT2D eigenvalue weighted by Crippen LogP contribution is 2.53. The van der Waals surface area contributed by atoms with Crippen LogP contribution in [0.25, 0.3) is 28.1 Å². The third-order valence-corrected chi connectivity index (χ3v) is 9.81. The Labute approximate surface area is 258 Å². The Kier molecular flexibility index (Phi) is 7.07. The molecule has 8 rings (SSSR count). The van der Waals surface area contributed by atoms with Crippen molar-refractivity contribution >= 4 is 49.6 Å². The number of aliphatic hydroxyl groups is 2. The van der Waals surface area contributed by atoms with E-state index in [1.807, 2.05) is 0 Å². The fourth-order valence-electron chi connectivity index (χ4n) is 5.66. The summed E-state index contributed by atoms with van der Waals surface area (Å²) in [7, 11) is -10.2. The predicted molar refractivity (Wildman–Crippen MR) is 148 cm³/mol. The summed E-state index contributed by atoms with van der Waals surface area (Å²) in [6.07, 6.45) is -7.95. The minimum absolute atomic E-state index is 0.0225. The summed E-state index contributed by atoms with van der Waals surface area (Å²) in [5.41, 5.74) is 5.38. The molecule has 26 heteroatoms. The molecule has 0 saturated carbocycles. The number of phosphoric ester groups is 2. The summed E-state index contributed by atoms with van der Waals surface area (Å²) < 4.78 is 62.6. The topological polar surface area (TPSA) is 321 Å². The Bertz CT molecular complexity index is 2170. The van der Waals surface area contributed by atoms with Crippen molar-refractivity contribution in [3.05, 3.63) is 35.7 Å². The van der Waals surface area contributed by atoms with E-state index in [9.17, 15) is 33.9 Å². The first-order chi connectivity index (χ1) is 22.4. The Morgan fingerprint density at radius 2 is 1.49 bits per heavy atom. The lowest BCUT2D eigenvalue weighted by atomic mass is 10.1. The lowest BCUT2D eigenvalue weighted by Gasteiger charge is -2.25. The molecule has 0 aliphatic carbocycles. The first-order valence-corrected chi connectivity index (χ1v) is 16.6. The van der Waals surface area contributed by atoms with E-state index >= 15 is 0 Å². The minimum Gasteiger partial charge on any atom is -0.387 e. The molecule has 8 heterocycles. The molecule has 47 heavy (non-hydrogen) atoms. The van der Waals surface area contributed by atoms with E-state index in [4.69, 9.17) is 33.3 Å². The van der Waals surface area contributed by atoms with E-state index in [0.29, 0.717) is 0 Å². The largest absolute Gasteiger partial charge is 0.472 e. The van der Waals surface area contributed by atoms with Gasteiger partial charge in [-0.3, -0.25) is 32.0 Å². The molecular weight excluding hydrogens is 676 g/mol. The smallest absolute Gasteiger partial charge is 0.387 e. The van der Waals surface area contributed by atoms with Crippen molar-refractivity contribution in [1.82, 2.24) is 48.7 Å². The fraction of sp³-hybridized carbons (Fsp3) is 0.476. The number of aliphatic hydroxyl groups excluding tert-OH is 2. The van der Waals surface area contributed by atoms with Gasteiger partial charge in [0, 0.05) is 0 Å². The van der Waals surface area contributed by atoms with Gasteiger partial charge in [-0.1, -0.05) is 0 Å². The number of nitrogen functional groups attached to an aromatic ring is 1. The molecule has 7 N–H and O–H groups in total. The number of imidazole rings is 2. The second kappa shape index (κ2) is 10.9. The maximum atomic E-state index is 13.2. The zero-order chi connectivity index (χ0) is 32.8.